The molecule has 2 fully saturated rings. The lowest BCUT2D eigenvalue weighted by Crippen LogP contribution is -2.54. The van der Waals surface area contributed by atoms with Gasteiger partial charge in [-0.1, -0.05) is 55.3 Å². The molecule has 1 saturated carbocycles. The number of aromatic nitrogens is 1. The van der Waals surface area contributed by atoms with Crippen LogP contribution in [0.4, 0.5) is 0 Å². The molecule has 0 radical (unpaired) electrons. The smallest absolute Gasteiger partial charge is 0.332 e. The molecule has 2 aliphatic heterocycles. The van der Waals surface area contributed by atoms with Crippen molar-refractivity contribution < 1.29 is 38.1 Å². The van der Waals surface area contributed by atoms with E-state index in [1.54, 1.807) is 40.9 Å². The molecule has 3 aliphatic rings. The van der Waals surface area contributed by atoms with Crippen molar-refractivity contribution in [3.63, 3.8) is 0 Å². The van der Waals surface area contributed by atoms with Crippen LogP contribution in [0.5, 0.6) is 11.5 Å². The number of hydrogen-bond acceptors (Lipinski definition) is 9. The zero-order valence-corrected chi connectivity index (χ0v) is 31.4. The highest BCUT2D eigenvalue weighted by Gasteiger charge is 2.62. The first kappa shape index (κ1) is 37.8. The SMILES string of the molecule is CCOC(=O)[C@@]12C[C@H]1/C=C\CCCCC[C@H](CC(=O)OC(C)(C)C)C(=O)N1C[C@H](Oc3cc(OC)cc4nc(-c5ccccc5)ccc34)C[C@H]1C(=O)N2. The molecule has 11 heteroatoms. The minimum Gasteiger partial charge on any atom is -0.497 e. The van der Waals surface area contributed by atoms with Crippen LogP contribution in [0.1, 0.15) is 79.1 Å². The molecular weight excluding hydrogens is 674 g/mol. The second kappa shape index (κ2) is 16.0. The number of esters is 2. The highest BCUT2D eigenvalue weighted by atomic mass is 16.6. The molecule has 5 atom stereocenters. The zero-order chi connectivity index (χ0) is 37.8. The van der Waals surface area contributed by atoms with E-state index < -0.39 is 47.0 Å². The summed E-state index contributed by atoms with van der Waals surface area (Å²) in [5, 5.41) is 3.77. The summed E-state index contributed by atoms with van der Waals surface area (Å²) in [4.78, 5) is 61.7. The minimum atomic E-state index is -1.20. The van der Waals surface area contributed by atoms with Gasteiger partial charge >= 0.3 is 11.9 Å². The van der Waals surface area contributed by atoms with E-state index in [1.165, 1.54) is 4.90 Å². The first-order chi connectivity index (χ1) is 25.4. The topological polar surface area (TPSA) is 133 Å². The van der Waals surface area contributed by atoms with Crippen LogP contribution in [-0.2, 0) is 28.7 Å². The number of rotatable bonds is 8. The molecule has 2 amide bonds. The van der Waals surface area contributed by atoms with Gasteiger partial charge in [0.05, 0.1) is 37.9 Å². The average molecular weight is 726 g/mol. The lowest BCUT2D eigenvalue weighted by atomic mass is 9.95. The maximum atomic E-state index is 14.6. The van der Waals surface area contributed by atoms with Crippen molar-refractivity contribution in [3.05, 3.63) is 66.7 Å². The van der Waals surface area contributed by atoms with Crippen molar-refractivity contribution in [2.45, 2.75) is 102 Å². The number of hydrogen-bond donors (Lipinski definition) is 1. The van der Waals surface area contributed by atoms with E-state index in [1.807, 2.05) is 54.6 Å². The summed E-state index contributed by atoms with van der Waals surface area (Å²) in [6.45, 7) is 7.41. The fourth-order valence-electron chi connectivity index (χ4n) is 7.45. The van der Waals surface area contributed by atoms with E-state index in [4.69, 9.17) is 23.9 Å². The molecule has 3 heterocycles. The van der Waals surface area contributed by atoms with Gasteiger partial charge in [0.25, 0.3) is 0 Å². The number of allylic oxidation sites excluding steroid dienone is 1. The Kier molecular flexibility index (Phi) is 11.4. The number of benzene rings is 2. The van der Waals surface area contributed by atoms with Crippen molar-refractivity contribution in [3.8, 4) is 22.8 Å². The van der Waals surface area contributed by atoms with Crippen LogP contribution in [0.15, 0.2) is 66.7 Å². The van der Waals surface area contributed by atoms with Gasteiger partial charge in [-0.15, -0.1) is 0 Å². The van der Waals surface area contributed by atoms with Gasteiger partial charge in [-0.2, -0.15) is 0 Å². The first-order valence-electron chi connectivity index (χ1n) is 18.8. The third-order valence-corrected chi connectivity index (χ3v) is 10.2. The minimum absolute atomic E-state index is 0.100. The predicted molar refractivity (Wildman–Crippen MR) is 200 cm³/mol. The van der Waals surface area contributed by atoms with Crippen LogP contribution in [0.25, 0.3) is 22.2 Å². The molecule has 282 valence electrons. The maximum Gasteiger partial charge on any atom is 0.332 e. The summed E-state index contributed by atoms with van der Waals surface area (Å²) in [7, 11) is 1.58. The van der Waals surface area contributed by atoms with Crippen LogP contribution in [0, 0.1) is 11.8 Å². The molecule has 1 aromatic heterocycles. The summed E-state index contributed by atoms with van der Waals surface area (Å²) >= 11 is 0. The number of nitrogens with zero attached hydrogens (tertiary/aromatic N) is 2. The van der Waals surface area contributed by atoms with E-state index in [-0.39, 0.29) is 37.8 Å². The molecular formula is C42H51N3O8. The van der Waals surface area contributed by atoms with E-state index in [2.05, 4.69) is 11.4 Å². The number of pyridine rings is 1. The lowest BCUT2D eigenvalue weighted by molar-refractivity contribution is -0.159. The molecule has 0 bridgehead atoms. The molecule has 1 N–H and O–H groups in total. The number of ether oxygens (including phenoxy) is 4. The van der Waals surface area contributed by atoms with Gasteiger partial charge in [-0.25, -0.2) is 9.78 Å². The summed E-state index contributed by atoms with van der Waals surface area (Å²) < 4.78 is 23.4. The molecule has 11 nitrogen and oxygen atoms in total. The second-order valence-electron chi connectivity index (χ2n) is 15.3. The molecule has 0 unspecified atom stereocenters. The highest BCUT2D eigenvalue weighted by molar-refractivity contribution is 5.96. The average Bonchev–Trinajstić information content (AvgIpc) is 3.66. The molecule has 53 heavy (non-hydrogen) atoms. The van der Waals surface area contributed by atoms with Gasteiger partial charge in [0, 0.05) is 41.3 Å². The Bertz CT molecular complexity index is 1850. The maximum absolute atomic E-state index is 14.6. The number of carbonyl (C=O) groups is 4. The molecule has 2 aromatic carbocycles. The Morgan fingerprint density at radius 1 is 1.04 bits per heavy atom. The quantitative estimate of drug-likeness (QED) is 0.202. The van der Waals surface area contributed by atoms with Crippen LogP contribution >= 0.6 is 0 Å². The summed E-state index contributed by atoms with van der Waals surface area (Å²) in [6, 6.07) is 16.4. The summed E-state index contributed by atoms with van der Waals surface area (Å²) in [5.41, 5.74) is 0.535. The number of fused-ring (bicyclic) bond motifs is 3. The predicted octanol–water partition coefficient (Wildman–Crippen LogP) is 6.57. The van der Waals surface area contributed by atoms with Gasteiger partial charge in [0.15, 0.2) is 0 Å². The summed E-state index contributed by atoms with van der Waals surface area (Å²) in [5.74, 6) is -1.54. The number of amides is 2. The van der Waals surface area contributed by atoms with E-state index >= 15 is 0 Å². The Labute approximate surface area is 311 Å². The summed E-state index contributed by atoms with van der Waals surface area (Å²) in [6.07, 6.45) is 7.74. The number of carbonyl (C=O) groups excluding carboxylic acids is 4. The van der Waals surface area contributed by atoms with Gasteiger partial charge < -0.3 is 29.2 Å². The van der Waals surface area contributed by atoms with E-state index in [0.29, 0.717) is 29.9 Å². The van der Waals surface area contributed by atoms with Crippen LogP contribution < -0.4 is 14.8 Å². The van der Waals surface area contributed by atoms with Crippen LogP contribution in [0.3, 0.4) is 0 Å². The third kappa shape index (κ3) is 8.83. The van der Waals surface area contributed by atoms with Crippen molar-refractivity contribution in [1.82, 2.24) is 15.2 Å². The molecule has 0 spiro atoms. The van der Waals surface area contributed by atoms with Gasteiger partial charge in [-0.3, -0.25) is 14.4 Å². The molecule has 3 aromatic rings. The monoisotopic (exact) mass is 725 g/mol. The number of methoxy groups -OCH3 is 1. The number of nitrogens with one attached hydrogen (secondary N) is 1. The van der Waals surface area contributed by atoms with E-state index in [0.717, 1.165) is 42.3 Å². The Morgan fingerprint density at radius 2 is 1.83 bits per heavy atom. The van der Waals surface area contributed by atoms with Crippen molar-refractivity contribution >= 4 is 34.7 Å². The standard InChI is InChI=1S/C42H51N3O8/c1-6-51-40(49)42-25-29(42)18-14-9-7-8-11-17-28(21-37(46)53-41(2,3)4)39(48)45-26-31(23-35(45)38(47)44-42)52-36-24-30(50-5)22-34-32(36)19-20-33(43-34)27-15-12-10-13-16-27/h10,12-16,18-20,22,24,28-29,31,35H,6-9,11,17,21,23,25-26H2,1-5H3,(H,44,47)/b18-14-/t28-,29-,31-,35+,42-/m1/s1. The first-order valence-corrected chi connectivity index (χ1v) is 18.8. The van der Waals surface area contributed by atoms with Gasteiger partial charge in [0.1, 0.15) is 34.8 Å². The van der Waals surface area contributed by atoms with Gasteiger partial charge in [-0.05, 0) is 65.5 Å². The fraction of sp³-hybridized carbons (Fsp3) is 0.500. The van der Waals surface area contributed by atoms with Gasteiger partial charge in [0.2, 0.25) is 11.8 Å². The van der Waals surface area contributed by atoms with Crippen molar-refractivity contribution in [2.75, 3.05) is 20.3 Å². The van der Waals surface area contributed by atoms with Crippen LogP contribution in [0.2, 0.25) is 0 Å². The Balaban J connectivity index is 1.33. The van der Waals surface area contributed by atoms with Crippen molar-refractivity contribution in [1.29, 1.82) is 0 Å². The largest absolute Gasteiger partial charge is 0.497 e. The highest BCUT2D eigenvalue weighted by Crippen LogP contribution is 2.46. The van der Waals surface area contributed by atoms with E-state index in [9.17, 15) is 19.2 Å². The second-order valence-corrected chi connectivity index (χ2v) is 15.3. The fourth-order valence-corrected chi connectivity index (χ4v) is 7.45. The Morgan fingerprint density at radius 3 is 2.57 bits per heavy atom. The molecule has 1 aliphatic carbocycles. The van der Waals surface area contributed by atoms with Crippen LogP contribution in [-0.4, -0.2) is 77.2 Å². The molecule has 6 rings (SSSR count). The lowest BCUT2D eigenvalue weighted by Gasteiger charge is -2.29. The Hall–Kier alpha value is -4.93. The third-order valence-electron chi connectivity index (χ3n) is 10.2. The normalized spacial score (nSPS) is 25.6. The zero-order valence-electron chi connectivity index (χ0n) is 31.4. The molecule has 1 saturated heterocycles. The van der Waals surface area contributed by atoms with Crippen molar-refractivity contribution in [2.24, 2.45) is 11.8 Å².